The average Bonchev–Trinajstić information content (AvgIpc) is 2.64. The number of ether oxygens (including phenoxy) is 1. The number of hydrogen-bond donors (Lipinski definition) is 0. The first kappa shape index (κ1) is 16.8. The Hall–Kier alpha value is -2.07. The Bertz CT molecular complexity index is 725. The minimum atomic E-state index is -0.488. The Morgan fingerprint density at radius 2 is 1.83 bits per heavy atom. The molecule has 0 aliphatic carbocycles. The smallest absolute Gasteiger partial charge is 0.263 e. The molecule has 0 spiro atoms. The molecular weight excluding hydrogens is 366 g/mol. The lowest BCUT2D eigenvalue weighted by molar-refractivity contribution is -0.137. The molecule has 3 nitrogen and oxygen atoms in total. The van der Waals surface area contributed by atoms with Crippen molar-refractivity contribution < 1.29 is 9.53 Å². The van der Waals surface area contributed by atoms with Gasteiger partial charge in [0.2, 0.25) is 0 Å². The SMILES string of the molecule is CC(Oc1ccc(Br)cc1)C(=O)N1CC=C(c2ccccc2)CC1. The van der Waals surface area contributed by atoms with E-state index in [4.69, 9.17) is 4.74 Å². The molecule has 0 N–H and O–H groups in total. The van der Waals surface area contributed by atoms with Crippen molar-refractivity contribution in [3.05, 3.63) is 70.7 Å². The second kappa shape index (κ2) is 7.67. The Balaban J connectivity index is 1.60. The summed E-state index contributed by atoms with van der Waals surface area (Å²) in [4.78, 5) is 14.4. The fourth-order valence-corrected chi connectivity index (χ4v) is 3.07. The molecular formula is C20H20BrNO2. The fraction of sp³-hybridized carbons (Fsp3) is 0.250. The van der Waals surface area contributed by atoms with E-state index in [-0.39, 0.29) is 5.91 Å². The predicted octanol–water partition coefficient (Wildman–Crippen LogP) is 4.53. The standard InChI is InChI=1S/C20H20BrNO2/c1-15(24-19-9-7-18(21)8-10-19)20(23)22-13-11-17(12-14-22)16-5-3-2-4-6-16/h2-11,15H,12-14H2,1H3. The Morgan fingerprint density at radius 1 is 1.12 bits per heavy atom. The zero-order valence-corrected chi connectivity index (χ0v) is 15.2. The van der Waals surface area contributed by atoms with Crippen molar-refractivity contribution >= 4 is 27.4 Å². The van der Waals surface area contributed by atoms with Gasteiger partial charge in [0.25, 0.3) is 5.91 Å². The average molecular weight is 386 g/mol. The number of nitrogens with zero attached hydrogens (tertiary/aromatic N) is 1. The van der Waals surface area contributed by atoms with Gasteiger partial charge in [0.1, 0.15) is 5.75 Å². The summed E-state index contributed by atoms with van der Waals surface area (Å²) >= 11 is 3.39. The molecule has 1 atom stereocenters. The topological polar surface area (TPSA) is 29.5 Å². The Morgan fingerprint density at radius 3 is 2.46 bits per heavy atom. The maximum absolute atomic E-state index is 12.6. The van der Waals surface area contributed by atoms with Gasteiger partial charge in [-0.25, -0.2) is 0 Å². The van der Waals surface area contributed by atoms with Gasteiger partial charge >= 0.3 is 0 Å². The number of benzene rings is 2. The summed E-state index contributed by atoms with van der Waals surface area (Å²) in [6.07, 6.45) is 2.53. The van der Waals surface area contributed by atoms with Crippen molar-refractivity contribution in [3.63, 3.8) is 0 Å². The summed E-state index contributed by atoms with van der Waals surface area (Å²) < 4.78 is 6.75. The van der Waals surface area contributed by atoms with Crippen LogP contribution in [0.15, 0.2) is 65.1 Å². The highest BCUT2D eigenvalue weighted by Gasteiger charge is 2.24. The van der Waals surface area contributed by atoms with Crippen LogP contribution in [-0.4, -0.2) is 30.0 Å². The van der Waals surface area contributed by atoms with Crippen LogP contribution in [0.5, 0.6) is 5.75 Å². The summed E-state index contributed by atoms with van der Waals surface area (Å²) in [6.45, 7) is 3.17. The van der Waals surface area contributed by atoms with E-state index < -0.39 is 6.10 Å². The summed E-state index contributed by atoms with van der Waals surface area (Å²) in [5.74, 6) is 0.734. The first-order chi connectivity index (χ1) is 11.6. The third-order valence-corrected chi connectivity index (χ3v) is 4.67. The quantitative estimate of drug-likeness (QED) is 0.773. The molecule has 0 saturated carbocycles. The van der Waals surface area contributed by atoms with Gasteiger partial charge in [-0.15, -0.1) is 0 Å². The van der Waals surface area contributed by atoms with Crippen LogP contribution in [0, 0.1) is 0 Å². The fourth-order valence-electron chi connectivity index (χ4n) is 2.81. The van der Waals surface area contributed by atoms with E-state index in [1.54, 1.807) is 6.92 Å². The molecule has 124 valence electrons. The highest BCUT2D eigenvalue weighted by Crippen LogP contribution is 2.23. The van der Waals surface area contributed by atoms with Crippen LogP contribution in [0.4, 0.5) is 0 Å². The summed E-state index contributed by atoms with van der Waals surface area (Å²) in [6, 6.07) is 17.9. The molecule has 1 amide bonds. The molecule has 0 aromatic heterocycles. The number of carbonyl (C=O) groups excluding carboxylic acids is 1. The minimum Gasteiger partial charge on any atom is -0.481 e. The Labute approximate surface area is 151 Å². The first-order valence-corrected chi connectivity index (χ1v) is 8.88. The molecule has 2 aromatic carbocycles. The van der Waals surface area contributed by atoms with Crippen molar-refractivity contribution in [2.45, 2.75) is 19.4 Å². The molecule has 4 heteroatoms. The second-order valence-electron chi connectivity index (χ2n) is 5.84. The number of rotatable bonds is 4. The van der Waals surface area contributed by atoms with E-state index in [9.17, 15) is 4.79 Å². The highest BCUT2D eigenvalue weighted by molar-refractivity contribution is 9.10. The van der Waals surface area contributed by atoms with Gasteiger partial charge < -0.3 is 9.64 Å². The molecule has 1 unspecified atom stereocenters. The maximum Gasteiger partial charge on any atom is 0.263 e. The highest BCUT2D eigenvalue weighted by atomic mass is 79.9. The number of carbonyl (C=O) groups is 1. The van der Waals surface area contributed by atoms with E-state index in [0.29, 0.717) is 12.3 Å². The van der Waals surface area contributed by atoms with Crippen LogP contribution >= 0.6 is 15.9 Å². The molecule has 0 radical (unpaired) electrons. The molecule has 1 aliphatic rings. The van der Waals surface area contributed by atoms with Gasteiger partial charge in [0.15, 0.2) is 6.10 Å². The summed E-state index contributed by atoms with van der Waals surface area (Å²) in [7, 11) is 0. The lowest BCUT2D eigenvalue weighted by Gasteiger charge is -2.29. The van der Waals surface area contributed by atoms with E-state index in [1.165, 1.54) is 11.1 Å². The van der Waals surface area contributed by atoms with Gasteiger partial charge in [-0.1, -0.05) is 52.3 Å². The van der Waals surface area contributed by atoms with Gasteiger partial charge in [-0.05, 0) is 48.7 Å². The van der Waals surface area contributed by atoms with Gasteiger partial charge in [-0.3, -0.25) is 4.79 Å². The summed E-state index contributed by atoms with van der Waals surface area (Å²) in [5, 5.41) is 0. The van der Waals surface area contributed by atoms with E-state index in [1.807, 2.05) is 47.4 Å². The molecule has 24 heavy (non-hydrogen) atoms. The third kappa shape index (κ3) is 4.06. The van der Waals surface area contributed by atoms with E-state index in [0.717, 1.165) is 17.4 Å². The third-order valence-electron chi connectivity index (χ3n) is 4.14. The van der Waals surface area contributed by atoms with E-state index in [2.05, 4.69) is 34.1 Å². The molecule has 0 saturated heterocycles. The van der Waals surface area contributed by atoms with Gasteiger partial charge in [0.05, 0.1) is 0 Å². The lowest BCUT2D eigenvalue weighted by atomic mass is 9.99. The largest absolute Gasteiger partial charge is 0.481 e. The second-order valence-corrected chi connectivity index (χ2v) is 6.76. The van der Waals surface area contributed by atoms with Gasteiger partial charge in [-0.2, -0.15) is 0 Å². The van der Waals surface area contributed by atoms with Crippen molar-refractivity contribution in [1.29, 1.82) is 0 Å². The number of halogens is 1. The zero-order chi connectivity index (χ0) is 16.9. The molecule has 0 fully saturated rings. The molecule has 3 rings (SSSR count). The molecule has 1 heterocycles. The normalized spacial score (nSPS) is 15.6. The number of hydrogen-bond acceptors (Lipinski definition) is 2. The first-order valence-electron chi connectivity index (χ1n) is 8.09. The summed E-state index contributed by atoms with van der Waals surface area (Å²) in [5.41, 5.74) is 2.55. The molecule has 2 aromatic rings. The van der Waals surface area contributed by atoms with Crippen molar-refractivity contribution in [2.75, 3.05) is 13.1 Å². The number of amides is 1. The van der Waals surface area contributed by atoms with Crippen molar-refractivity contribution in [1.82, 2.24) is 4.90 Å². The van der Waals surface area contributed by atoms with Crippen LogP contribution < -0.4 is 4.74 Å². The van der Waals surface area contributed by atoms with Crippen LogP contribution in [0.2, 0.25) is 0 Å². The van der Waals surface area contributed by atoms with Crippen LogP contribution in [0.1, 0.15) is 18.9 Å². The van der Waals surface area contributed by atoms with Crippen LogP contribution in [0.3, 0.4) is 0 Å². The van der Waals surface area contributed by atoms with Crippen molar-refractivity contribution in [3.8, 4) is 5.75 Å². The van der Waals surface area contributed by atoms with Gasteiger partial charge in [0, 0.05) is 17.6 Å². The minimum absolute atomic E-state index is 0.0290. The van der Waals surface area contributed by atoms with Crippen LogP contribution in [0.25, 0.3) is 5.57 Å². The monoisotopic (exact) mass is 385 g/mol. The van der Waals surface area contributed by atoms with Crippen LogP contribution in [-0.2, 0) is 4.79 Å². The Kier molecular flexibility index (Phi) is 5.36. The van der Waals surface area contributed by atoms with E-state index >= 15 is 0 Å². The maximum atomic E-state index is 12.6. The molecule has 0 bridgehead atoms. The molecule has 1 aliphatic heterocycles. The van der Waals surface area contributed by atoms with Crippen molar-refractivity contribution in [2.24, 2.45) is 0 Å². The zero-order valence-electron chi connectivity index (χ0n) is 13.6. The lowest BCUT2D eigenvalue weighted by Crippen LogP contribution is -2.42. The predicted molar refractivity (Wildman–Crippen MR) is 99.8 cm³/mol.